The lowest BCUT2D eigenvalue weighted by Gasteiger charge is -2.36. The molecule has 2 aliphatic rings. The van der Waals surface area contributed by atoms with Crippen molar-refractivity contribution in [3.8, 4) is 0 Å². The van der Waals surface area contributed by atoms with Crippen LogP contribution in [0, 0.1) is 0 Å². The predicted octanol–water partition coefficient (Wildman–Crippen LogP) is 2.35. The Bertz CT molecular complexity index is 709. The number of methoxy groups -OCH3 is 1. The number of benzene rings is 1. The van der Waals surface area contributed by atoms with Crippen LogP contribution in [0.3, 0.4) is 0 Å². The highest BCUT2D eigenvalue weighted by Crippen LogP contribution is 2.39. The Morgan fingerprint density at radius 3 is 2.34 bits per heavy atom. The number of amides is 2. The van der Waals surface area contributed by atoms with Crippen molar-refractivity contribution in [2.24, 2.45) is 0 Å². The van der Waals surface area contributed by atoms with Crippen molar-refractivity contribution in [3.05, 3.63) is 35.4 Å². The first-order chi connectivity index (χ1) is 13.8. The van der Waals surface area contributed by atoms with Crippen molar-refractivity contribution in [2.75, 3.05) is 58.7 Å². The summed E-state index contributed by atoms with van der Waals surface area (Å²) < 4.78 is 4.94. The smallest absolute Gasteiger partial charge is 0.248 e. The Morgan fingerprint density at radius 2 is 1.76 bits per heavy atom. The molecule has 3 rings (SSSR count). The van der Waals surface area contributed by atoms with Gasteiger partial charge in [0.15, 0.2) is 0 Å². The van der Waals surface area contributed by atoms with Crippen molar-refractivity contribution in [1.82, 2.24) is 14.7 Å². The molecule has 2 aliphatic heterocycles. The van der Waals surface area contributed by atoms with Gasteiger partial charge in [-0.05, 0) is 16.5 Å². The summed E-state index contributed by atoms with van der Waals surface area (Å²) in [4.78, 5) is 30.6. The molecule has 0 N–H and O–H groups in total. The normalized spacial score (nSPS) is 21.1. The summed E-state index contributed by atoms with van der Waals surface area (Å²) >= 11 is 1.71. The van der Waals surface area contributed by atoms with Gasteiger partial charge in [0.05, 0.1) is 5.75 Å². The number of carbonyl (C=O) groups excluding carboxylic acids is 2. The highest BCUT2D eigenvalue weighted by molar-refractivity contribution is 8.00. The van der Waals surface area contributed by atoms with Gasteiger partial charge in [-0.1, -0.05) is 45.0 Å². The van der Waals surface area contributed by atoms with Gasteiger partial charge in [-0.15, -0.1) is 11.8 Å². The van der Waals surface area contributed by atoms with E-state index in [-0.39, 0.29) is 29.2 Å². The standard InChI is InChI=1S/C22H33N3O3S/c1-22(2,3)18-7-5-17(6-8-18)21-25(20(27)16-29-21)14-11-23-9-12-24(13-10-23)19(26)15-28-4/h5-8,21H,9-16H2,1-4H3. The molecule has 0 saturated carbocycles. The van der Waals surface area contributed by atoms with E-state index in [4.69, 9.17) is 4.74 Å². The number of thioether (sulfide) groups is 1. The topological polar surface area (TPSA) is 53.1 Å². The van der Waals surface area contributed by atoms with Crippen molar-refractivity contribution in [1.29, 1.82) is 0 Å². The molecule has 2 amide bonds. The van der Waals surface area contributed by atoms with Crippen LogP contribution in [0.5, 0.6) is 0 Å². The number of piperazine rings is 1. The van der Waals surface area contributed by atoms with E-state index in [0.29, 0.717) is 5.75 Å². The monoisotopic (exact) mass is 419 g/mol. The van der Waals surface area contributed by atoms with E-state index >= 15 is 0 Å². The molecule has 0 aromatic heterocycles. The first-order valence-corrected chi connectivity index (χ1v) is 11.3. The second kappa shape index (κ2) is 9.49. The van der Waals surface area contributed by atoms with Gasteiger partial charge in [0, 0.05) is 46.4 Å². The van der Waals surface area contributed by atoms with Gasteiger partial charge >= 0.3 is 0 Å². The first kappa shape index (κ1) is 22.1. The van der Waals surface area contributed by atoms with E-state index in [0.717, 1.165) is 39.3 Å². The summed E-state index contributed by atoms with van der Waals surface area (Å²) in [6, 6.07) is 8.72. The molecule has 0 bridgehead atoms. The fourth-order valence-electron chi connectivity index (χ4n) is 3.80. The van der Waals surface area contributed by atoms with Crippen LogP contribution in [0.15, 0.2) is 24.3 Å². The zero-order chi connectivity index (χ0) is 21.0. The fraction of sp³-hybridized carbons (Fsp3) is 0.636. The van der Waals surface area contributed by atoms with Crippen LogP contribution in [0.1, 0.15) is 37.3 Å². The molecule has 2 heterocycles. The fourth-order valence-corrected chi connectivity index (χ4v) is 5.02. The third kappa shape index (κ3) is 5.53. The summed E-state index contributed by atoms with van der Waals surface area (Å²) in [6.45, 7) is 11.5. The minimum atomic E-state index is 0.0528. The molecule has 1 aromatic carbocycles. The Balaban J connectivity index is 1.54. The van der Waals surface area contributed by atoms with Gasteiger partial charge in [0.2, 0.25) is 11.8 Å². The number of ether oxygens (including phenoxy) is 1. The predicted molar refractivity (Wildman–Crippen MR) is 117 cm³/mol. The molecule has 0 aliphatic carbocycles. The summed E-state index contributed by atoms with van der Waals surface area (Å²) in [5.74, 6) is 0.816. The maximum atomic E-state index is 12.5. The maximum Gasteiger partial charge on any atom is 0.248 e. The molecule has 6 nitrogen and oxygen atoms in total. The largest absolute Gasteiger partial charge is 0.375 e. The molecular weight excluding hydrogens is 386 g/mol. The average Bonchev–Trinajstić information content (AvgIpc) is 3.07. The van der Waals surface area contributed by atoms with E-state index in [1.165, 1.54) is 11.1 Å². The Kier molecular flexibility index (Phi) is 7.24. The molecule has 7 heteroatoms. The SMILES string of the molecule is COCC(=O)N1CCN(CCN2C(=O)CSC2c2ccc(C(C)(C)C)cc2)CC1. The molecule has 160 valence electrons. The van der Waals surface area contributed by atoms with Crippen LogP contribution in [-0.2, 0) is 19.7 Å². The van der Waals surface area contributed by atoms with Gasteiger partial charge in [-0.3, -0.25) is 14.5 Å². The molecule has 1 atom stereocenters. The summed E-state index contributed by atoms with van der Waals surface area (Å²) in [5.41, 5.74) is 2.63. The molecule has 1 unspecified atom stereocenters. The number of hydrogen-bond donors (Lipinski definition) is 0. The Labute approximate surface area is 178 Å². The van der Waals surface area contributed by atoms with E-state index in [1.54, 1.807) is 18.9 Å². The van der Waals surface area contributed by atoms with Crippen LogP contribution in [-0.4, -0.2) is 85.3 Å². The van der Waals surface area contributed by atoms with Crippen molar-refractivity contribution >= 4 is 23.6 Å². The van der Waals surface area contributed by atoms with Gasteiger partial charge < -0.3 is 14.5 Å². The Morgan fingerprint density at radius 1 is 1.10 bits per heavy atom. The van der Waals surface area contributed by atoms with Crippen LogP contribution < -0.4 is 0 Å². The molecular formula is C22H33N3O3S. The summed E-state index contributed by atoms with van der Waals surface area (Å²) in [5, 5.41) is 0.0982. The summed E-state index contributed by atoms with van der Waals surface area (Å²) in [6.07, 6.45) is 0. The molecule has 2 saturated heterocycles. The minimum absolute atomic E-state index is 0.0528. The van der Waals surface area contributed by atoms with Crippen molar-refractivity contribution < 1.29 is 14.3 Å². The lowest BCUT2D eigenvalue weighted by atomic mass is 9.87. The lowest BCUT2D eigenvalue weighted by Crippen LogP contribution is -2.51. The van der Waals surface area contributed by atoms with E-state index in [9.17, 15) is 9.59 Å². The maximum absolute atomic E-state index is 12.5. The molecule has 2 fully saturated rings. The number of hydrogen-bond acceptors (Lipinski definition) is 5. The molecule has 1 aromatic rings. The van der Waals surface area contributed by atoms with E-state index in [1.807, 2.05) is 9.80 Å². The quantitative estimate of drug-likeness (QED) is 0.709. The van der Waals surface area contributed by atoms with Gasteiger partial charge in [0.1, 0.15) is 12.0 Å². The van der Waals surface area contributed by atoms with Crippen LogP contribution in [0.2, 0.25) is 0 Å². The number of nitrogens with zero attached hydrogens (tertiary/aromatic N) is 3. The number of carbonyl (C=O) groups is 2. The average molecular weight is 420 g/mol. The third-order valence-electron chi connectivity index (χ3n) is 5.68. The van der Waals surface area contributed by atoms with Crippen LogP contribution in [0.4, 0.5) is 0 Å². The Hall–Kier alpha value is -1.57. The second-order valence-corrected chi connectivity index (χ2v) is 9.85. The van der Waals surface area contributed by atoms with Gasteiger partial charge in [-0.25, -0.2) is 0 Å². The highest BCUT2D eigenvalue weighted by Gasteiger charge is 2.33. The number of rotatable bonds is 6. The zero-order valence-electron chi connectivity index (χ0n) is 18.0. The third-order valence-corrected chi connectivity index (χ3v) is 6.94. The highest BCUT2D eigenvalue weighted by atomic mass is 32.2. The van der Waals surface area contributed by atoms with E-state index < -0.39 is 0 Å². The van der Waals surface area contributed by atoms with Crippen LogP contribution in [0.25, 0.3) is 0 Å². The molecule has 0 spiro atoms. The van der Waals surface area contributed by atoms with Gasteiger partial charge in [-0.2, -0.15) is 0 Å². The first-order valence-electron chi connectivity index (χ1n) is 10.3. The minimum Gasteiger partial charge on any atom is -0.375 e. The van der Waals surface area contributed by atoms with Crippen molar-refractivity contribution in [2.45, 2.75) is 31.6 Å². The summed E-state index contributed by atoms with van der Waals surface area (Å²) in [7, 11) is 1.55. The zero-order valence-corrected chi connectivity index (χ0v) is 18.8. The van der Waals surface area contributed by atoms with Crippen LogP contribution >= 0.6 is 11.8 Å². The second-order valence-electron chi connectivity index (χ2n) is 8.78. The molecule has 29 heavy (non-hydrogen) atoms. The van der Waals surface area contributed by atoms with Crippen molar-refractivity contribution in [3.63, 3.8) is 0 Å². The lowest BCUT2D eigenvalue weighted by molar-refractivity contribution is -0.136. The van der Waals surface area contributed by atoms with Gasteiger partial charge in [0.25, 0.3) is 0 Å². The van der Waals surface area contributed by atoms with E-state index in [2.05, 4.69) is 49.9 Å². The molecule has 0 radical (unpaired) electrons.